The standard InChI is InChI=1S/C16H18F2N2O4/c1-9(14(22)20-16(3-4-16)15(23)24-2)19-13(21)7-10-5-11(17)8-12(18)6-10/h5-6,8-9H,3-4,7H2,1-2H3,(H,19,21)(H,20,22)/t9-/m0/s1. The highest BCUT2D eigenvalue weighted by atomic mass is 19.1. The van der Waals surface area contributed by atoms with E-state index in [9.17, 15) is 23.2 Å². The summed E-state index contributed by atoms with van der Waals surface area (Å²) < 4.78 is 30.8. The lowest BCUT2D eigenvalue weighted by Crippen LogP contribution is -2.52. The molecule has 0 aliphatic heterocycles. The molecule has 0 saturated heterocycles. The Kier molecular flexibility index (Phi) is 5.16. The van der Waals surface area contributed by atoms with Crippen molar-refractivity contribution in [2.75, 3.05) is 7.11 Å². The van der Waals surface area contributed by atoms with E-state index in [-0.39, 0.29) is 12.0 Å². The molecular formula is C16H18F2N2O4. The van der Waals surface area contributed by atoms with Crippen molar-refractivity contribution >= 4 is 17.8 Å². The van der Waals surface area contributed by atoms with Crippen LogP contribution in [-0.4, -0.2) is 36.5 Å². The third-order valence-electron chi connectivity index (χ3n) is 3.75. The zero-order chi connectivity index (χ0) is 17.9. The number of halogens is 2. The quantitative estimate of drug-likeness (QED) is 0.752. The highest BCUT2D eigenvalue weighted by molar-refractivity contribution is 5.94. The monoisotopic (exact) mass is 340 g/mol. The first-order chi connectivity index (χ1) is 11.3. The average molecular weight is 340 g/mol. The number of ether oxygens (including phenoxy) is 1. The predicted octanol–water partition coefficient (Wildman–Crippen LogP) is 0.834. The lowest BCUT2D eigenvalue weighted by molar-refractivity contribution is -0.146. The lowest BCUT2D eigenvalue weighted by Gasteiger charge is -2.19. The van der Waals surface area contributed by atoms with Gasteiger partial charge in [-0.2, -0.15) is 0 Å². The molecule has 2 rings (SSSR count). The molecule has 1 fully saturated rings. The second-order valence-corrected chi connectivity index (χ2v) is 5.81. The zero-order valence-corrected chi connectivity index (χ0v) is 13.3. The largest absolute Gasteiger partial charge is 0.467 e. The smallest absolute Gasteiger partial charge is 0.331 e. The summed E-state index contributed by atoms with van der Waals surface area (Å²) in [6, 6.07) is 1.89. The second kappa shape index (κ2) is 6.94. The number of carbonyl (C=O) groups is 3. The maximum Gasteiger partial charge on any atom is 0.331 e. The number of benzene rings is 1. The van der Waals surface area contributed by atoms with E-state index in [0.29, 0.717) is 18.9 Å². The van der Waals surface area contributed by atoms with E-state index in [1.807, 2.05) is 0 Å². The van der Waals surface area contributed by atoms with Crippen LogP contribution in [0.15, 0.2) is 18.2 Å². The SMILES string of the molecule is COC(=O)C1(NC(=O)[C@H](C)NC(=O)Cc2cc(F)cc(F)c2)CC1. The van der Waals surface area contributed by atoms with E-state index in [1.165, 1.54) is 14.0 Å². The summed E-state index contributed by atoms with van der Waals surface area (Å²) in [6.07, 6.45) is 0.692. The van der Waals surface area contributed by atoms with E-state index >= 15 is 0 Å². The fourth-order valence-corrected chi connectivity index (χ4v) is 2.30. The first-order valence-electron chi connectivity index (χ1n) is 7.40. The summed E-state index contributed by atoms with van der Waals surface area (Å²) in [5.41, 5.74) is -0.845. The molecule has 1 aromatic rings. The van der Waals surface area contributed by atoms with Gasteiger partial charge in [-0.25, -0.2) is 13.6 Å². The Bertz CT molecular complexity index is 654. The third kappa shape index (κ3) is 4.27. The van der Waals surface area contributed by atoms with Crippen molar-refractivity contribution in [1.29, 1.82) is 0 Å². The van der Waals surface area contributed by atoms with Gasteiger partial charge in [-0.3, -0.25) is 9.59 Å². The van der Waals surface area contributed by atoms with Crippen LogP contribution >= 0.6 is 0 Å². The van der Waals surface area contributed by atoms with E-state index in [1.54, 1.807) is 0 Å². The number of amides is 2. The number of rotatable bonds is 6. The number of nitrogens with one attached hydrogen (secondary N) is 2. The van der Waals surface area contributed by atoms with Crippen molar-refractivity contribution < 1.29 is 27.9 Å². The molecule has 0 aromatic heterocycles. The Labute approximate surface area is 137 Å². The van der Waals surface area contributed by atoms with Gasteiger partial charge in [0.1, 0.15) is 23.2 Å². The van der Waals surface area contributed by atoms with Gasteiger partial charge in [-0.15, -0.1) is 0 Å². The maximum absolute atomic E-state index is 13.1. The van der Waals surface area contributed by atoms with Gasteiger partial charge in [0.15, 0.2) is 0 Å². The van der Waals surface area contributed by atoms with Gasteiger partial charge in [0.25, 0.3) is 0 Å². The molecule has 6 nitrogen and oxygen atoms in total. The molecule has 1 atom stereocenters. The molecule has 1 aromatic carbocycles. The Morgan fingerprint density at radius 2 is 1.79 bits per heavy atom. The number of carbonyl (C=O) groups excluding carboxylic acids is 3. The highest BCUT2D eigenvalue weighted by Gasteiger charge is 2.52. The Balaban J connectivity index is 1.89. The van der Waals surface area contributed by atoms with Crippen LogP contribution in [0.1, 0.15) is 25.3 Å². The van der Waals surface area contributed by atoms with Crippen molar-refractivity contribution in [2.45, 2.75) is 37.8 Å². The fourth-order valence-electron chi connectivity index (χ4n) is 2.30. The summed E-state index contributed by atoms with van der Waals surface area (Å²) >= 11 is 0. The molecule has 1 aliphatic rings. The van der Waals surface area contributed by atoms with Gasteiger partial charge in [0, 0.05) is 6.07 Å². The molecule has 0 spiro atoms. The first-order valence-corrected chi connectivity index (χ1v) is 7.40. The van der Waals surface area contributed by atoms with E-state index in [0.717, 1.165) is 12.1 Å². The molecule has 130 valence electrons. The Morgan fingerprint density at radius 3 is 2.29 bits per heavy atom. The van der Waals surface area contributed by atoms with Gasteiger partial charge in [0.2, 0.25) is 11.8 Å². The minimum Gasteiger partial charge on any atom is -0.467 e. The van der Waals surface area contributed by atoms with Crippen molar-refractivity contribution in [2.24, 2.45) is 0 Å². The number of esters is 1. The molecular weight excluding hydrogens is 322 g/mol. The van der Waals surface area contributed by atoms with Gasteiger partial charge < -0.3 is 15.4 Å². The molecule has 0 unspecified atom stereocenters. The molecule has 0 heterocycles. The first kappa shape index (κ1) is 17.8. The van der Waals surface area contributed by atoms with E-state index in [4.69, 9.17) is 0 Å². The molecule has 2 N–H and O–H groups in total. The van der Waals surface area contributed by atoms with Crippen molar-refractivity contribution in [3.8, 4) is 0 Å². The molecule has 1 aliphatic carbocycles. The molecule has 1 saturated carbocycles. The van der Waals surface area contributed by atoms with Gasteiger partial charge in [-0.05, 0) is 37.5 Å². The third-order valence-corrected chi connectivity index (χ3v) is 3.75. The van der Waals surface area contributed by atoms with Gasteiger partial charge in [-0.1, -0.05) is 0 Å². The summed E-state index contributed by atoms with van der Waals surface area (Å²) in [5, 5.41) is 4.98. The molecule has 0 radical (unpaired) electrons. The topological polar surface area (TPSA) is 84.5 Å². The van der Waals surface area contributed by atoms with Crippen molar-refractivity contribution in [3.05, 3.63) is 35.4 Å². The highest BCUT2D eigenvalue weighted by Crippen LogP contribution is 2.36. The molecule has 0 bridgehead atoms. The van der Waals surface area contributed by atoms with E-state index in [2.05, 4.69) is 15.4 Å². The summed E-state index contributed by atoms with van der Waals surface area (Å²) in [4.78, 5) is 35.5. The van der Waals surface area contributed by atoms with Crippen LogP contribution in [0, 0.1) is 11.6 Å². The van der Waals surface area contributed by atoms with Gasteiger partial charge >= 0.3 is 5.97 Å². The van der Waals surface area contributed by atoms with Crippen molar-refractivity contribution in [3.63, 3.8) is 0 Å². The molecule has 2 amide bonds. The summed E-state index contributed by atoms with van der Waals surface area (Å²) in [5.74, 6) is -3.18. The van der Waals surface area contributed by atoms with Crippen LogP contribution in [0.2, 0.25) is 0 Å². The summed E-state index contributed by atoms with van der Waals surface area (Å²) in [7, 11) is 1.23. The lowest BCUT2D eigenvalue weighted by atomic mass is 10.1. The maximum atomic E-state index is 13.1. The fraction of sp³-hybridized carbons (Fsp3) is 0.438. The number of hydrogen-bond acceptors (Lipinski definition) is 4. The van der Waals surface area contributed by atoms with Crippen LogP contribution in [0.3, 0.4) is 0 Å². The van der Waals surface area contributed by atoms with Crippen LogP contribution < -0.4 is 10.6 Å². The zero-order valence-electron chi connectivity index (χ0n) is 13.3. The second-order valence-electron chi connectivity index (χ2n) is 5.81. The van der Waals surface area contributed by atoms with Crippen LogP contribution in [-0.2, 0) is 25.5 Å². The van der Waals surface area contributed by atoms with Gasteiger partial charge in [0.05, 0.1) is 13.5 Å². The van der Waals surface area contributed by atoms with Crippen LogP contribution in [0.5, 0.6) is 0 Å². The minimum atomic E-state index is -1.00. The minimum absolute atomic E-state index is 0.158. The average Bonchev–Trinajstić information content (AvgIpc) is 3.25. The Hall–Kier alpha value is -2.51. The number of hydrogen-bond donors (Lipinski definition) is 2. The Morgan fingerprint density at radius 1 is 1.21 bits per heavy atom. The molecule has 24 heavy (non-hydrogen) atoms. The predicted molar refractivity (Wildman–Crippen MR) is 79.8 cm³/mol. The number of methoxy groups -OCH3 is 1. The van der Waals surface area contributed by atoms with Crippen LogP contribution in [0.25, 0.3) is 0 Å². The van der Waals surface area contributed by atoms with Crippen molar-refractivity contribution in [1.82, 2.24) is 10.6 Å². The molecule has 8 heteroatoms. The summed E-state index contributed by atoms with van der Waals surface area (Å²) in [6.45, 7) is 1.45. The normalized spacial score (nSPS) is 16.0. The van der Waals surface area contributed by atoms with E-state index < -0.39 is 41.0 Å². The van der Waals surface area contributed by atoms with Crippen LogP contribution in [0.4, 0.5) is 8.78 Å².